The van der Waals surface area contributed by atoms with E-state index >= 15 is 0 Å². The molecule has 0 aliphatic carbocycles. The van der Waals surface area contributed by atoms with Crippen LogP contribution in [0.1, 0.15) is 25.0 Å². The van der Waals surface area contributed by atoms with Crippen LogP contribution in [-0.2, 0) is 4.79 Å². The van der Waals surface area contributed by atoms with Gasteiger partial charge in [-0.2, -0.15) is 5.26 Å². The van der Waals surface area contributed by atoms with Crippen molar-refractivity contribution in [2.24, 2.45) is 0 Å². The van der Waals surface area contributed by atoms with Crippen LogP contribution < -0.4 is 10.2 Å². The maximum Gasteiger partial charge on any atom is 0.239 e. The van der Waals surface area contributed by atoms with E-state index in [4.69, 9.17) is 5.26 Å². The first kappa shape index (κ1) is 14.0. The van der Waals surface area contributed by atoms with Crippen molar-refractivity contribution in [3.05, 3.63) is 29.3 Å². The Morgan fingerprint density at radius 2 is 2.17 bits per heavy atom. The third-order valence-electron chi connectivity index (χ3n) is 2.79. The highest BCUT2D eigenvalue weighted by Gasteiger charge is 2.10. The Bertz CT molecular complexity index is 463. The molecule has 0 aliphatic rings. The molecule has 0 atom stereocenters. The first-order chi connectivity index (χ1) is 8.62. The lowest BCUT2D eigenvalue weighted by molar-refractivity contribution is -0.119. The molecule has 1 amide bonds. The molecule has 4 heteroatoms. The molecule has 18 heavy (non-hydrogen) atoms. The Kier molecular flexibility index (Phi) is 5.19. The monoisotopic (exact) mass is 245 g/mol. The summed E-state index contributed by atoms with van der Waals surface area (Å²) in [6.45, 7) is 7.55. The van der Waals surface area contributed by atoms with E-state index in [2.05, 4.69) is 11.4 Å². The summed E-state index contributed by atoms with van der Waals surface area (Å²) in [6.07, 6.45) is 0. The minimum absolute atomic E-state index is 0.0152. The lowest BCUT2D eigenvalue weighted by Gasteiger charge is -2.23. The molecular weight excluding hydrogens is 226 g/mol. The first-order valence-electron chi connectivity index (χ1n) is 6.14. The summed E-state index contributed by atoms with van der Waals surface area (Å²) >= 11 is 0. The first-order valence-corrected chi connectivity index (χ1v) is 6.14. The molecule has 4 nitrogen and oxygen atoms in total. The van der Waals surface area contributed by atoms with Gasteiger partial charge in [0.1, 0.15) is 0 Å². The van der Waals surface area contributed by atoms with Gasteiger partial charge in [0, 0.05) is 18.8 Å². The van der Waals surface area contributed by atoms with Gasteiger partial charge in [0.05, 0.1) is 18.2 Å². The molecular formula is C14H19N3O. The van der Waals surface area contributed by atoms with E-state index in [1.165, 1.54) is 0 Å². The maximum absolute atomic E-state index is 11.6. The number of carbonyl (C=O) groups is 1. The van der Waals surface area contributed by atoms with Gasteiger partial charge in [-0.15, -0.1) is 0 Å². The fraction of sp³-hybridized carbons (Fsp3) is 0.429. The van der Waals surface area contributed by atoms with Crippen molar-refractivity contribution in [2.45, 2.75) is 20.8 Å². The van der Waals surface area contributed by atoms with Crippen LogP contribution in [0.4, 0.5) is 5.69 Å². The van der Waals surface area contributed by atoms with Gasteiger partial charge in [-0.1, -0.05) is 0 Å². The second-order valence-electron chi connectivity index (χ2n) is 4.08. The average molecular weight is 245 g/mol. The standard InChI is InChI=1S/C14H19N3O/c1-4-16-14(18)10-17(5-2)13-7-6-12(9-15)11(3)8-13/h6-8H,4-5,10H2,1-3H3,(H,16,18). The van der Waals surface area contributed by atoms with Gasteiger partial charge in [-0.05, 0) is 44.5 Å². The number of amides is 1. The van der Waals surface area contributed by atoms with Crippen LogP contribution in [0.15, 0.2) is 18.2 Å². The summed E-state index contributed by atoms with van der Waals surface area (Å²) in [5, 5.41) is 11.7. The molecule has 0 radical (unpaired) electrons. The predicted octanol–water partition coefficient (Wildman–Crippen LogP) is 1.83. The smallest absolute Gasteiger partial charge is 0.239 e. The minimum Gasteiger partial charge on any atom is -0.362 e. The predicted molar refractivity (Wildman–Crippen MR) is 72.5 cm³/mol. The molecule has 0 unspecified atom stereocenters. The van der Waals surface area contributed by atoms with E-state index in [0.717, 1.165) is 17.8 Å². The van der Waals surface area contributed by atoms with E-state index in [1.54, 1.807) is 6.07 Å². The van der Waals surface area contributed by atoms with Crippen molar-refractivity contribution in [1.82, 2.24) is 5.32 Å². The van der Waals surface area contributed by atoms with Crippen molar-refractivity contribution < 1.29 is 4.79 Å². The van der Waals surface area contributed by atoms with Gasteiger partial charge in [0.15, 0.2) is 0 Å². The second kappa shape index (κ2) is 6.65. The summed E-state index contributed by atoms with van der Waals surface area (Å²) in [4.78, 5) is 13.6. The van der Waals surface area contributed by atoms with Gasteiger partial charge >= 0.3 is 0 Å². The molecule has 0 bridgehead atoms. The summed E-state index contributed by atoms with van der Waals surface area (Å²) in [7, 11) is 0. The van der Waals surface area contributed by atoms with E-state index in [9.17, 15) is 4.79 Å². The number of hydrogen-bond donors (Lipinski definition) is 1. The van der Waals surface area contributed by atoms with Crippen molar-refractivity contribution in [1.29, 1.82) is 5.26 Å². The zero-order valence-corrected chi connectivity index (χ0v) is 11.2. The Labute approximate surface area is 108 Å². The lowest BCUT2D eigenvalue weighted by atomic mass is 10.1. The van der Waals surface area contributed by atoms with Gasteiger partial charge < -0.3 is 10.2 Å². The fourth-order valence-electron chi connectivity index (χ4n) is 1.78. The highest BCUT2D eigenvalue weighted by molar-refractivity contribution is 5.81. The summed E-state index contributed by atoms with van der Waals surface area (Å²) < 4.78 is 0. The third kappa shape index (κ3) is 3.49. The van der Waals surface area contributed by atoms with Crippen LogP contribution in [0.2, 0.25) is 0 Å². The highest BCUT2D eigenvalue weighted by atomic mass is 16.2. The number of hydrogen-bond acceptors (Lipinski definition) is 3. The number of aryl methyl sites for hydroxylation is 1. The largest absolute Gasteiger partial charge is 0.362 e. The van der Waals surface area contributed by atoms with Crippen molar-refractivity contribution >= 4 is 11.6 Å². The summed E-state index contributed by atoms with van der Waals surface area (Å²) in [6, 6.07) is 7.77. The average Bonchev–Trinajstić information content (AvgIpc) is 2.36. The Hall–Kier alpha value is -2.02. The SMILES string of the molecule is CCNC(=O)CN(CC)c1ccc(C#N)c(C)c1. The molecule has 0 spiro atoms. The van der Waals surface area contributed by atoms with E-state index in [0.29, 0.717) is 18.7 Å². The zero-order valence-electron chi connectivity index (χ0n) is 11.2. The van der Waals surface area contributed by atoms with Crippen molar-refractivity contribution in [2.75, 3.05) is 24.5 Å². The minimum atomic E-state index is 0.0152. The van der Waals surface area contributed by atoms with Crippen LogP contribution >= 0.6 is 0 Å². The molecule has 1 N–H and O–H groups in total. The molecule has 1 rings (SSSR count). The molecule has 1 aromatic carbocycles. The van der Waals surface area contributed by atoms with Crippen LogP contribution in [-0.4, -0.2) is 25.5 Å². The Balaban J connectivity index is 2.86. The van der Waals surface area contributed by atoms with Gasteiger partial charge in [0.2, 0.25) is 5.91 Å². The van der Waals surface area contributed by atoms with Gasteiger partial charge in [0.25, 0.3) is 0 Å². The lowest BCUT2D eigenvalue weighted by Crippen LogP contribution is -2.37. The van der Waals surface area contributed by atoms with Crippen LogP contribution in [0.25, 0.3) is 0 Å². The zero-order chi connectivity index (χ0) is 13.5. The molecule has 0 fully saturated rings. The molecule has 0 aliphatic heterocycles. The van der Waals surface area contributed by atoms with E-state index in [-0.39, 0.29) is 5.91 Å². The van der Waals surface area contributed by atoms with Crippen LogP contribution in [0.3, 0.4) is 0 Å². The third-order valence-corrected chi connectivity index (χ3v) is 2.79. The second-order valence-corrected chi connectivity index (χ2v) is 4.08. The highest BCUT2D eigenvalue weighted by Crippen LogP contribution is 2.18. The topological polar surface area (TPSA) is 56.1 Å². The van der Waals surface area contributed by atoms with Crippen LogP contribution in [0.5, 0.6) is 0 Å². The van der Waals surface area contributed by atoms with Crippen LogP contribution in [0, 0.1) is 18.3 Å². The molecule has 0 heterocycles. The number of benzene rings is 1. The number of rotatable bonds is 5. The number of anilines is 1. The van der Waals surface area contributed by atoms with E-state index < -0.39 is 0 Å². The molecule has 96 valence electrons. The number of likely N-dealkylation sites (N-methyl/N-ethyl adjacent to an activating group) is 2. The molecule has 1 aromatic rings. The quantitative estimate of drug-likeness (QED) is 0.861. The van der Waals surface area contributed by atoms with Crippen molar-refractivity contribution in [3.8, 4) is 6.07 Å². The number of nitrogens with zero attached hydrogens (tertiary/aromatic N) is 2. The van der Waals surface area contributed by atoms with Gasteiger partial charge in [-0.3, -0.25) is 4.79 Å². The summed E-state index contributed by atoms with van der Waals surface area (Å²) in [5.74, 6) is 0.0152. The number of nitriles is 1. The normalized spacial score (nSPS) is 9.67. The number of nitrogens with one attached hydrogen (secondary N) is 1. The number of carbonyl (C=O) groups excluding carboxylic acids is 1. The molecule has 0 aromatic heterocycles. The molecule has 0 saturated heterocycles. The van der Waals surface area contributed by atoms with Crippen molar-refractivity contribution in [3.63, 3.8) is 0 Å². The molecule has 0 saturated carbocycles. The summed E-state index contributed by atoms with van der Waals surface area (Å²) in [5.41, 5.74) is 2.58. The maximum atomic E-state index is 11.6. The fourth-order valence-corrected chi connectivity index (χ4v) is 1.78. The Morgan fingerprint density at radius 3 is 2.67 bits per heavy atom. The van der Waals surface area contributed by atoms with Gasteiger partial charge in [-0.25, -0.2) is 0 Å². The Morgan fingerprint density at radius 1 is 1.44 bits per heavy atom. The van der Waals surface area contributed by atoms with E-state index in [1.807, 2.05) is 37.8 Å².